The van der Waals surface area contributed by atoms with E-state index in [4.69, 9.17) is 0 Å². The highest BCUT2D eigenvalue weighted by Gasteiger charge is 2.45. The van der Waals surface area contributed by atoms with Gasteiger partial charge in [0.1, 0.15) is 0 Å². The van der Waals surface area contributed by atoms with Crippen molar-refractivity contribution in [2.24, 2.45) is 0 Å². The summed E-state index contributed by atoms with van der Waals surface area (Å²) in [5.41, 5.74) is 1.47. The van der Waals surface area contributed by atoms with E-state index in [2.05, 4.69) is 4.98 Å². The van der Waals surface area contributed by atoms with Crippen molar-refractivity contribution in [1.82, 2.24) is 9.55 Å². The highest BCUT2D eigenvalue weighted by Crippen LogP contribution is 2.44. The molecule has 20 heavy (non-hydrogen) atoms. The topological polar surface area (TPSA) is 75.1 Å². The Morgan fingerprint density at radius 1 is 1.30 bits per heavy atom. The number of nitrogens with zero attached hydrogens (tertiary/aromatic N) is 1. The van der Waals surface area contributed by atoms with Crippen molar-refractivity contribution in [2.75, 3.05) is 0 Å². The Bertz CT molecular complexity index is 705. The molecule has 0 atom stereocenters. The van der Waals surface area contributed by atoms with E-state index >= 15 is 0 Å². The van der Waals surface area contributed by atoms with Gasteiger partial charge < -0.3 is 10.1 Å². The first-order chi connectivity index (χ1) is 9.54. The van der Waals surface area contributed by atoms with E-state index in [0.29, 0.717) is 12.8 Å². The summed E-state index contributed by atoms with van der Waals surface area (Å²) in [7, 11) is 0. The molecule has 1 aromatic carbocycles. The molecule has 5 nitrogen and oxygen atoms in total. The number of carboxylic acid groups (broad SMARTS) is 1. The monoisotopic (exact) mass is 272 g/mol. The lowest BCUT2D eigenvalue weighted by Gasteiger charge is -2.38. The van der Waals surface area contributed by atoms with Crippen LogP contribution in [0.25, 0.3) is 5.69 Å². The van der Waals surface area contributed by atoms with Gasteiger partial charge in [-0.3, -0.25) is 9.36 Å². The second-order valence-electron chi connectivity index (χ2n) is 5.36. The minimum absolute atomic E-state index is 0.188. The van der Waals surface area contributed by atoms with Gasteiger partial charge >= 0.3 is 11.7 Å². The van der Waals surface area contributed by atoms with Crippen LogP contribution in [0.3, 0.4) is 0 Å². The van der Waals surface area contributed by atoms with Crippen molar-refractivity contribution < 1.29 is 9.90 Å². The molecule has 1 aliphatic carbocycles. The lowest BCUT2D eigenvalue weighted by atomic mass is 9.64. The highest BCUT2D eigenvalue weighted by molar-refractivity contribution is 5.82. The van der Waals surface area contributed by atoms with Crippen LogP contribution in [0, 0.1) is 6.92 Å². The quantitative estimate of drug-likeness (QED) is 0.897. The van der Waals surface area contributed by atoms with Crippen LogP contribution in [0.4, 0.5) is 0 Å². The summed E-state index contributed by atoms with van der Waals surface area (Å²) in [4.78, 5) is 25.8. The van der Waals surface area contributed by atoms with Gasteiger partial charge in [-0.15, -0.1) is 0 Å². The van der Waals surface area contributed by atoms with Crippen molar-refractivity contribution in [2.45, 2.75) is 31.6 Å². The molecule has 1 aliphatic rings. The smallest absolute Gasteiger partial charge is 0.330 e. The summed E-state index contributed by atoms with van der Waals surface area (Å²) in [6.07, 6.45) is 3.97. The van der Waals surface area contributed by atoms with Crippen LogP contribution in [-0.4, -0.2) is 20.6 Å². The molecule has 0 bridgehead atoms. The first-order valence-corrected chi connectivity index (χ1v) is 6.66. The minimum atomic E-state index is -0.758. The van der Waals surface area contributed by atoms with Crippen LogP contribution >= 0.6 is 0 Å². The van der Waals surface area contributed by atoms with Crippen molar-refractivity contribution >= 4 is 5.97 Å². The van der Waals surface area contributed by atoms with E-state index < -0.39 is 11.4 Å². The number of nitrogens with one attached hydrogen (secondary N) is 1. The lowest BCUT2D eigenvalue weighted by Crippen LogP contribution is -2.42. The van der Waals surface area contributed by atoms with Gasteiger partial charge in [-0.25, -0.2) is 4.79 Å². The zero-order chi connectivity index (χ0) is 14.3. The summed E-state index contributed by atoms with van der Waals surface area (Å²) in [5, 5.41) is 9.42. The maximum Gasteiger partial charge on any atom is 0.330 e. The third-order valence-electron chi connectivity index (χ3n) is 4.25. The second kappa shape index (κ2) is 4.37. The van der Waals surface area contributed by atoms with Gasteiger partial charge in [-0.2, -0.15) is 0 Å². The summed E-state index contributed by atoms with van der Waals surface area (Å²) in [6.45, 7) is 1.84. The molecule has 0 aliphatic heterocycles. The van der Waals surface area contributed by atoms with Gasteiger partial charge in [0.05, 0.1) is 11.1 Å². The normalized spacial score (nSPS) is 16.6. The van der Waals surface area contributed by atoms with Gasteiger partial charge in [0.25, 0.3) is 0 Å². The fraction of sp³-hybridized carbons (Fsp3) is 0.333. The molecule has 1 aromatic heterocycles. The number of aryl methyl sites for hydroxylation is 1. The van der Waals surface area contributed by atoms with Gasteiger partial charge in [-0.05, 0) is 37.5 Å². The molecule has 0 saturated heterocycles. The fourth-order valence-electron chi connectivity index (χ4n) is 2.86. The van der Waals surface area contributed by atoms with Crippen molar-refractivity contribution in [3.63, 3.8) is 0 Å². The maximum absolute atomic E-state index is 11.7. The Morgan fingerprint density at radius 3 is 2.35 bits per heavy atom. The van der Waals surface area contributed by atoms with Crippen LogP contribution in [0.15, 0.2) is 35.3 Å². The van der Waals surface area contributed by atoms with Crippen LogP contribution in [0.1, 0.15) is 30.5 Å². The Balaban J connectivity index is 2.00. The number of aromatic amines is 1. The largest absolute Gasteiger partial charge is 0.481 e. The molecule has 0 radical (unpaired) electrons. The average molecular weight is 272 g/mol. The SMILES string of the molecule is Cc1c[nH]c(=O)n1-c1ccc(C2(C(=O)O)CCC2)cc1. The predicted octanol–water partition coefficient (Wildman–Crippen LogP) is 1.98. The molecule has 1 fully saturated rings. The molecular formula is C15H16N2O3. The molecule has 5 heteroatoms. The fourth-order valence-corrected chi connectivity index (χ4v) is 2.86. The van der Waals surface area contributed by atoms with E-state index in [-0.39, 0.29) is 5.69 Å². The van der Waals surface area contributed by atoms with E-state index in [1.165, 1.54) is 0 Å². The van der Waals surface area contributed by atoms with Gasteiger partial charge in [-0.1, -0.05) is 18.6 Å². The number of carbonyl (C=O) groups is 1. The van der Waals surface area contributed by atoms with Gasteiger partial charge in [0.15, 0.2) is 0 Å². The second-order valence-corrected chi connectivity index (χ2v) is 5.36. The molecule has 0 amide bonds. The third kappa shape index (κ3) is 1.70. The number of H-pyrrole nitrogens is 1. The van der Waals surface area contributed by atoms with E-state index in [0.717, 1.165) is 23.4 Å². The molecule has 1 saturated carbocycles. The Labute approximate surface area is 115 Å². The zero-order valence-corrected chi connectivity index (χ0v) is 11.2. The molecule has 104 valence electrons. The van der Waals surface area contributed by atoms with E-state index in [9.17, 15) is 14.7 Å². The Kier molecular flexibility index (Phi) is 2.78. The minimum Gasteiger partial charge on any atom is -0.481 e. The third-order valence-corrected chi connectivity index (χ3v) is 4.25. The molecule has 3 rings (SSSR count). The maximum atomic E-state index is 11.7. The summed E-state index contributed by atoms with van der Waals surface area (Å²) >= 11 is 0. The molecular weight excluding hydrogens is 256 g/mol. The van der Waals surface area contributed by atoms with Gasteiger partial charge in [0, 0.05) is 11.9 Å². The van der Waals surface area contributed by atoms with Crippen molar-refractivity contribution in [3.05, 3.63) is 52.2 Å². The van der Waals surface area contributed by atoms with E-state index in [1.54, 1.807) is 22.9 Å². The van der Waals surface area contributed by atoms with Crippen LogP contribution < -0.4 is 5.69 Å². The molecule has 0 unspecified atom stereocenters. The Morgan fingerprint density at radius 2 is 1.95 bits per heavy atom. The van der Waals surface area contributed by atoms with Crippen molar-refractivity contribution in [1.29, 1.82) is 0 Å². The van der Waals surface area contributed by atoms with Crippen LogP contribution in [0.5, 0.6) is 0 Å². The molecule has 1 heterocycles. The van der Waals surface area contributed by atoms with Crippen molar-refractivity contribution in [3.8, 4) is 5.69 Å². The summed E-state index contributed by atoms with van der Waals surface area (Å²) < 4.78 is 1.57. The number of hydrogen-bond acceptors (Lipinski definition) is 2. The Hall–Kier alpha value is -2.30. The van der Waals surface area contributed by atoms with Crippen LogP contribution in [0.2, 0.25) is 0 Å². The number of aromatic nitrogens is 2. The number of carboxylic acids is 1. The standard InChI is InChI=1S/C15H16N2O3/c1-10-9-16-14(20)17(10)12-5-3-11(4-6-12)15(13(18)19)7-2-8-15/h3-6,9H,2,7-8H2,1H3,(H,16,20)(H,18,19). The number of hydrogen-bond donors (Lipinski definition) is 2. The summed E-state index contributed by atoms with van der Waals surface area (Å²) in [6, 6.07) is 7.25. The average Bonchev–Trinajstić information content (AvgIpc) is 2.68. The van der Waals surface area contributed by atoms with Gasteiger partial charge in [0.2, 0.25) is 0 Å². The first-order valence-electron chi connectivity index (χ1n) is 6.66. The molecule has 2 N–H and O–H groups in total. The number of benzene rings is 1. The van der Waals surface area contributed by atoms with Crippen LogP contribution in [-0.2, 0) is 10.2 Å². The number of aliphatic carboxylic acids is 1. The number of imidazole rings is 1. The lowest BCUT2D eigenvalue weighted by molar-refractivity contribution is -0.147. The highest BCUT2D eigenvalue weighted by atomic mass is 16.4. The number of rotatable bonds is 3. The summed E-state index contributed by atoms with van der Waals surface area (Å²) in [5.74, 6) is -0.758. The molecule has 0 spiro atoms. The first kappa shape index (κ1) is 12.7. The van der Waals surface area contributed by atoms with E-state index in [1.807, 2.05) is 19.1 Å². The zero-order valence-electron chi connectivity index (χ0n) is 11.2. The predicted molar refractivity (Wildman–Crippen MR) is 74.3 cm³/mol. The molecule has 2 aromatic rings.